The Morgan fingerprint density at radius 1 is 1.14 bits per heavy atom. The number of rotatable bonds is 3. The second-order valence-corrected chi connectivity index (χ2v) is 5.00. The van der Waals surface area contributed by atoms with Crippen LogP contribution >= 0.6 is 0 Å². The summed E-state index contributed by atoms with van der Waals surface area (Å²) in [7, 11) is 0. The number of anilines is 1. The Morgan fingerprint density at radius 2 is 1.86 bits per heavy atom. The maximum Gasteiger partial charge on any atom is 0.202 e. The van der Waals surface area contributed by atoms with Crippen LogP contribution in [0.3, 0.4) is 0 Å². The minimum atomic E-state index is -0.581. The Morgan fingerprint density at radius 3 is 2.57 bits per heavy atom. The minimum Gasteiger partial charge on any atom is -0.369 e. The van der Waals surface area contributed by atoms with Gasteiger partial charge in [-0.3, -0.25) is 4.57 Å². The molecule has 3 aromatic rings. The van der Waals surface area contributed by atoms with Gasteiger partial charge in [0, 0.05) is 18.8 Å². The average molecular weight is 288 g/mol. The van der Waals surface area contributed by atoms with Crippen molar-refractivity contribution in [2.24, 2.45) is 0 Å². The molecule has 0 unspecified atom stereocenters. The molecular weight excluding hydrogens is 274 g/mol. The van der Waals surface area contributed by atoms with E-state index in [4.69, 9.17) is 5.73 Å². The lowest BCUT2D eigenvalue weighted by atomic mass is 10.1. The number of nitrogen functional groups attached to an aromatic ring is 1. The second-order valence-electron chi connectivity index (χ2n) is 5.00. The molecule has 3 rings (SSSR count). The predicted molar refractivity (Wildman–Crippen MR) is 76.7 cm³/mol. The maximum atomic E-state index is 13.2. The number of benzene rings is 1. The smallest absolute Gasteiger partial charge is 0.202 e. The zero-order valence-corrected chi connectivity index (χ0v) is 11.5. The molecule has 0 aliphatic heterocycles. The number of aromatic nitrogens is 3. The second kappa shape index (κ2) is 5.12. The van der Waals surface area contributed by atoms with Crippen molar-refractivity contribution in [3.05, 3.63) is 53.2 Å². The lowest BCUT2D eigenvalue weighted by Gasteiger charge is -2.06. The van der Waals surface area contributed by atoms with Gasteiger partial charge in [-0.25, -0.2) is 18.7 Å². The molecule has 0 aliphatic carbocycles. The van der Waals surface area contributed by atoms with Crippen molar-refractivity contribution >= 4 is 17.1 Å². The molecule has 0 amide bonds. The van der Waals surface area contributed by atoms with Gasteiger partial charge in [0.15, 0.2) is 5.65 Å². The van der Waals surface area contributed by atoms with Gasteiger partial charge in [-0.1, -0.05) is 0 Å². The molecule has 1 aromatic carbocycles. The zero-order valence-electron chi connectivity index (χ0n) is 11.5. The molecule has 6 heteroatoms. The van der Waals surface area contributed by atoms with Gasteiger partial charge >= 0.3 is 0 Å². The van der Waals surface area contributed by atoms with E-state index in [1.54, 1.807) is 10.8 Å². The van der Waals surface area contributed by atoms with Crippen LogP contribution in [0.4, 0.5) is 14.7 Å². The van der Waals surface area contributed by atoms with E-state index in [0.717, 1.165) is 17.1 Å². The number of nitrogens with two attached hydrogens (primary N) is 1. The van der Waals surface area contributed by atoms with Crippen LogP contribution < -0.4 is 5.73 Å². The molecule has 2 N–H and O–H groups in total. The highest BCUT2D eigenvalue weighted by Gasteiger charge is 2.10. The topological polar surface area (TPSA) is 56.7 Å². The molecule has 0 radical (unpaired) electrons. The minimum absolute atomic E-state index is 0.347. The van der Waals surface area contributed by atoms with E-state index in [9.17, 15) is 8.78 Å². The van der Waals surface area contributed by atoms with E-state index < -0.39 is 11.6 Å². The molecule has 108 valence electrons. The van der Waals surface area contributed by atoms with Gasteiger partial charge < -0.3 is 5.73 Å². The summed E-state index contributed by atoms with van der Waals surface area (Å²) in [5, 5.41) is 0. The standard InChI is InChI=1S/C15H14F2N4/c1-9-4-13-14(19-8-9)21(15(18)20-13)3-2-10-5-11(16)7-12(17)6-10/h4-8H,2-3H2,1H3,(H2,18,20). The fourth-order valence-corrected chi connectivity index (χ4v) is 2.35. The normalized spacial score (nSPS) is 11.2. The van der Waals surface area contributed by atoms with Gasteiger partial charge in [-0.15, -0.1) is 0 Å². The highest BCUT2D eigenvalue weighted by Crippen LogP contribution is 2.18. The summed E-state index contributed by atoms with van der Waals surface area (Å²) in [6.45, 7) is 2.39. The van der Waals surface area contributed by atoms with Crippen LogP contribution in [0.1, 0.15) is 11.1 Å². The van der Waals surface area contributed by atoms with E-state index in [0.29, 0.717) is 30.1 Å². The first-order valence-electron chi connectivity index (χ1n) is 6.56. The van der Waals surface area contributed by atoms with Gasteiger partial charge in [0.1, 0.15) is 17.2 Å². The van der Waals surface area contributed by atoms with Crippen LogP contribution in [-0.2, 0) is 13.0 Å². The Hall–Kier alpha value is -2.50. The number of nitrogens with zero attached hydrogens (tertiary/aromatic N) is 3. The van der Waals surface area contributed by atoms with Crippen molar-refractivity contribution < 1.29 is 8.78 Å². The van der Waals surface area contributed by atoms with Crippen LogP contribution in [-0.4, -0.2) is 14.5 Å². The lowest BCUT2D eigenvalue weighted by molar-refractivity contribution is 0.577. The van der Waals surface area contributed by atoms with Crippen molar-refractivity contribution in [3.8, 4) is 0 Å². The van der Waals surface area contributed by atoms with Crippen LogP contribution in [0, 0.1) is 18.6 Å². The Kier molecular flexibility index (Phi) is 3.29. The van der Waals surface area contributed by atoms with Crippen molar-refractivity contribution in [3.63, 3.8) is 0 Å². The summed E-state index contributed by atoms with van der Waals surface area (Å²) >= 11 is 0. The van der Waals surface area contributed by atoms with E-state index >= 15 is 0 Å². The summed E-state index contributed by atoms with van der Waals surface area (Å²) in [5.74, 6) is -0.815. The number of hydrogen-bond acceptors (Lipinski definition) is 3. The highest BCUT2D eigenvalue weighted by molar-refractivity contribution is 5.74. The predicted octanol–water partition coefficient (Wildman–Crippen LogP) is 2.84. The number of halogens is 2. The fraction of sp³-hybridized carbons (Fsp3) is 0.200. The fourth-order valence-electron chi connectivity index (χ4n) is 2.35. The van der Waals surface area contributed by atoms with Gasteiger partial charge in [-0.05, 0) is 42.7 Å². The Bertz CT molecular complexity index is 791. The molecule has 0 atom stereocenters. The third-order valence-corrected chi connectivity index (χ3v) is 3.30. The van der Waals surface area contributed by atoms with E-state index in [2.05, 4.69) is 9.97 Å². The summed E-state index contributed by atoms with van der Waals surface area (Å²) in [6.07, 6.45) is 2.18. The van der Waals surface area contributed by atoms with Gasteiger partial charge in [-0.2, -0.15) is 0 Å². The third kappa shape index (κ3) is 2.69. The Balaban J connectivity index is 1.89. The zero-order chi connectivity index (χ0) is 15.0. The first kappa shape index (κ1) is 13.5. The van der Waals surface area contributed by atoms with Gasteiger partial charge in [0.2, 0.25) is 5.95 Å². The number of hydrogen-bond donors (Lipinski definition) is 1. The maximum absolute atomic E-state index is 13.2. The van der Waals surface area contributed by atoms with E-state index in [-0.39, 0.29) is 0 Å². The number of aryl methyl sites for hydroxylation is 3. The third-order valence-electron chi connectivity index (χ3n) is 3.30. The molecular formula is C15H14F2N4. The summed E-state index contributed by atoms with van der Waals surface area (Å²) in [5.41, 5.74) is 8.86. The van der Waals surface area contributed by atoms with Crippen molar-refractivity contribution in [1.29, 1.82) is 0 Å². The van der Waals surface area contributed by atoms with Crippen LogP contribution in [0.15, 0.2) is 30.5 Å². The molecule has 0 spiro atoms. The number of fused-ring (bicyclic) bond motifs is 1. The van der Waals surface area contributed by atoms with E-state index in [1.165, 1.54) is 12.1 Å². The first-order chi connectivity index (χ1) is 10.0. The summed E-state index contributed by atoms with van der Waals surface area (Å²) < 4.78 is 28.1. The van der Waals surface area contributed by atoms with Crippen LogP contribution in [0.5, 0.6) is 0 Å². The average Bonchev–Trinajstić information content (AvgIpc) is 2.70. The number of imidazole rings is 1. The molecule has 2 heterocycles. The molecule has 4 nitrogen and oxygen atoms in total. The molecule has 0 aliphatic rings. The Labute approximate surface area is 120 Å². The van der Waals surface area contributed by atoms with Gasteiger partial charge in [0.05, 0.1) is 0 Å². The molecule has 0 fully saturated rings. The monoisotopic (exact) mass is 288 g/mol. The van der Waals surface area contributed by atoms with Crippen molar-refractivity contribution in [2.75, 3.05) is 5.73 Å². The van der Waals surface area contributed by atoms with Crippen LogP contribution in [0.2, 0.25) is 0 Å². The molecule has 21 heavy (non-hydrogen) atoms. The molecule has 0 saturated heterocycles. The molecule has 2 aromatic heterocycles. The van der Waals surface area contributed by atoms with Gasteiger partial charge in [0.25, 0.3) is 0 Å². The molecule has 0 saturated carbocycles. The summed E-state index contributed by atoms with van der Waals surface area (Å²) in [4.78, 5) is 8.57. The highest BCUT2D eigenvalue weighted by atomic mass is 19.1. The largest absolute Gasteiger partial charge is 0.369 e. The van der Waals surface area contributed by atoms with Crippen molar-refractivity contribution in [1.82, 2.24) is 14.5 Å². The van der Waals surface area contributed by atoms with Crippen molar-refractivity contribution in [2.45, 2.75) is 19.9 Å². The number of pyridine rings is 1. The summed E-state index contributed by atoms with van der Waals surface area (Å²) in [6, 6.07) is 5.39. The molecule has 0 bridgehead atoms. The lowest BCUT2D eigenvalue weighted by Crippen LogP contribution is -2.06. The van der Waals surface area contributed by atoms with E-state index in [1.807, 2.05) is 13.0 Å². The first-order valence-corrected chi connectivity index (χ1v) is 6.56. The van der Waals surface area contributed by atoms with Crippen LogP contribution in [0.25, 0.3) is 11.2 Å². The SMILES string of the molecule is Cc1cnc2c(c1)nc(N)n2CCc1cc(F)cc(F)c1. The quantitative estimate of drug-likeness (QED) is 0.806.